The standard InChI is InChI=1S/C15H16BrN2O4/c1-17-7-8-18(10-17)13(14(19)21-2)15(20)22-9-11-3-5-12(16)6-4-11/h3-8,10,13H,9H2,1-2H3/q+1. The largest absolute Gasteiger partial charge is 0.465 e. The van der Waals surface area contributed by atoms with Gasteiger partial charge in [-0.2, -0.15) is 0 Å². The summed E-state index contributed by atoms with van der Waals surface area (Å²) in [5.74, 6) is -1.33. The van der Waals surface area contributed by atoms with E-state index in [1.165, 1.54) is 11.7 Å². The van der Waals surface area contributed by atoms with Crippen LogP contribution in [-0.2, 0) is 32.7 Å². The van der Waals surface area contributed by atoms with Crippen LogP contribution >= 0.6 is 15.9 Å². The summed E-state index contributed by atoms with van der Waals surface area (Å²) >= 11 is 3.34. The number of imidazole rings is 1. The SMILES string of the molecule is COC(=O)C(C(=O)OCc1ccc(Br)cc1)n1cc[n+](C)c1. The number of aryl methyl sites for hydroxylation is 1. The molecule has 0 bridgehead atoms. The number of hydrogen-bond donors (Lipinski definition) is 0. The molecule has 1 aromatic carbocycles. The topological polar surface area (TPSA) is 61.4 Å². The second-order valence-corrected chi connectivity index (χ2v) is 5.60. The van der Waals surface area contributed by atoms with E-state index in [2.05, 4.69) is 20.7 Å². The van der Waals surface area contributed by atoms with Crippen molar-refractivity contribution in [2.24, 2.45) is 7.05 Å². The molecule has 0 radical (unpaired) electrons. The second-order valence-electron chi connectivity index (χ2n) is 4.69. The summed E-state index contributed by atoms with van der Waals surface area (Å²) < 4.78 is 14.0. The molecule has 1 atom stereocenters. The van der Waals surface area contributed by atoms with Gasteiger partial charge in [0.15, 0.2) is 0 Å². The van der Waals surface area contributed by atoms with Gasteiger partial charge < -0.3 is 9.47 Å². The maximum Gasteiger partial charge on any atom is 0.364 e. The second kappa shape index (κ2) is 7.22. The summed E-state index contributed by atoms with van der Waals surface area (Å²) in [6.07, 6.45) is 4.95. The van der Waals surface area contributed by atoms with Gasteiger partial charge in [0, 0.05) is 4.47 Å². The minimum atomic E-state index is -1.15. The molecule has 2 aromatic rings. The van der Waals surface area contributed by atoms with Gasteiger partial charge in [0.25, 0.3) is 6.04 Å². The highest BCUT2D eigenvalue weighted by molar-refractivity contribution is 9.10. The molecule has 6 nitrogen and oxygen atoms in total. The Labute approximate surface area is 136 Å². The summed E-state index contributed by atoms with van der Waals surface area (Å²) in [5.41, 5.74) is 0.832. The predicted octanol–water partition coefficient (Wildman–Crippen LogP) is 1.53. The molecule has 2 rings (SSSR count). The van der Waals surface area contributed by atoms with E-state index in [0.717, 1.165) is 10.0 Å². The minimum absolute atomic E-state index is 0.0903. The molecule has 0 aliphatic carbocycles. The Hall–Kier alpha value is -2.15. The van der Waals surface area contributed by atoms with Gasteiger partial charge in [0.1, 0.15) is 19.0 Å². The molecular weight excluding hydrogens is 352 g/mol. The molecule has 1 aromatic heterocycles. The third-order valence-corrected chi connectivity index (χ3v) is 3.56. The van der Waals surface area contributed by atoms with E-state index in [-0.39, 0.29) is 6.61 Å². The van der Waals surface area contributed by atoms with E-state index in [1.54, 1.807) is 30.3 Å². The first-order valence-electron chi connectivity index (χ1n) is 6.53. The molecule has 1 heterocycles. The Kier molecular flexibility index (Phi) is 5.32. The number of nitrogens with zero attached hydrogens (tertiary/aromatic N) is 2. The van der Waals surface area contributed by atoms with Crippen molar-refractivity contribution < 1.29 is 23.6 Å². The number of halogens is 1. The van der Waals surface area contributed by atoms with Crippen molar-refractivity contribution >= 4 is 27.9 Å². The third kappa shape index (κ3) is 3.94. The van der Waals surface area contributed by atoms with Gasteiger partial charge in [-0.1, -0.05) is 28.1 Å². The molecule has 0 N–H and O–H groups in total. The van der Waals surface area contributed by atoms with E-state index >= 15 is 0 Å². The number of benzene rings is 1. The number of esters is 2. The number of ether oxygens (including phenoxy) is 2. The molecule has 0 saturated carbocycles. The van der Waals surface area contributed by atoms with Crippen LogP contribution in [0.3, 0.4) is 0 Å². The smallest absolute Gasteiger partial charge is 0.364 e. The number of rotatable bonds is 5. The monoisotopic (exact) mass is 367 g/mol. The minimum Gasteiger partial charge on any atom is -0.465 e. The van der Waals surface area contributed by atoms with Gasteiger partial charge in [-0.3, -0.25) is 0 Å². The molecule has 0 spiro atoms. The van der Waals surface area contributed by atoms with Gasteiger partial charge >= 0.3 is 11.9 Å². The van der Waals surface area contributed by atoms with Crippen molar-refractivity contribution in [3.05, 3.63) is 53.0 Å². The molecule has 0 fully saturated rings. The average molecular weight is 368 g/mol. The summed E-state index contributed by atoms with van der Waals surface area (Å²) in [4.78, 5) is 24.1. The zero-order valence-corrected chi connectivity index (χ0v) is 13.8. The van der Waals surface area contributed by atoms with Crippen LogP contribution in [-0.4, -0.2) is 23.6 Å². The Morgan fingerprint density at radius 2 is 1.95 bits per heavy atom. The predicted molar refractivity (Wildman–Crippen MR) is 80.6 cm³/mol. The van der Waals surface area contributed by atoms with Gasteiger partial charge in [-0.15, -0.1) is 0 Å². The number of aromatic nitrogens is 2. The molecule has 7 heteroatoms. The van der Waals surface area contributed by atoms with Crippen molar-refractivity contribution in [2.45, 2.75) is 12.6 Å². The van der Waals surface area contributed by atoms with Crippen LogP contribution in [0.4, 0.5) is 0 Å². The lowest BCUT2D eigenvalue weighted by Crippen LogP contribution is -2.32. The van der Waals surface area contributed by atoms with Gasteiger partial charge in [0.05, 0.1) is 14.2 Å². The normalized spacial score (nSPS) is 11.8. The highest BCUT2D eigenvalue weighted by Crippen LogP contribution is 2.14. The molecule has 0 aliphatic rings. The molecule has 0 aliphatic heterocycles. The fourth-order valence-corrected chi connectivity index (χ4v) is 2.15. The lowest BCUT2D eigenvalue weighted by Gasteiger charge is -2.11. The first kappa shape index (κ1) is 16.2. The maximum atomic E-state index is 12.2. The van der Waals surface area contributed by atoms with Crippen LogP contribution in [0, 0.1) is 0 Å². The summed E-state index contributed by atoms with van der Waals surface area (Å²) in [6.45, 7) is 0.0903. The van der Waals surface area contributed by atoms with Crippen LogP contribution < -0.4 is 4.57 Å². The Bertz CT molecular complexity index is 666. The van der Waals surface area contributed by atoms with Gasteiger partial charge in [-0.25, -0.2) is 18.7 Å². The van der Waals surface area contributed by atoms with Crippen LogP contribution in [0.1, 0.15) is 11.6 Å². The Morgan fingerprint density at radius 3 is 2.50 bits per heavy atom. The molecule has 116 valence electrons. The molecule has 0 amide bonds. The van der Waals surface area contributed by atoms with E-state index in [0.29, 0.717) is 0 Å². The van der Waals surface area contributed by atoms with Crippen molar-refractivity contribution in [3.8, 4) is 0 Å². The Morgan fingerprint density at radius 1 is 1.27 bits per heavy atom. The van der Waals surface area contributed by atoms with Crippen LogP contribution in [0.25, 0.3) is 0 Å². The summed E-state index contributed by atoms with van der Waals surface area (Å²) in [5, 5.41) is 0. The van der Waals surface area contributed by atoms with Crippen molar-refractivity contribution in [3.63, 3.8) is 0 Å². The zero-order chi connectivity index (χ0) is 16.1. The first-order chi connectivity index (χ1) is 10.5. The van der Waals surface area contributed by atoms with Gasteiger partial charge in [-0.05, 0) is 17.7 Å². The van der Waals surface area contributed by atoms with Crippen LogP contribution in [0.5, 0.6) is 0 Å². The fourth-order valence-electron chi connectivity index (χ4n) is 1.89. The summed E-state index contributed by atoms with van der Waals surface area (Å²) in [6, 6.07) is 6.22. The third-order valence-electron chi connectivity index (χ3n) is 3.03. The van der Waals surface area contributed by atoms with Crippen molar-refractivity contribution in [2.75, 3.05) is 7.11 Å². The molecule has 22 heavy (non-hydrogen) atoms. The summed E-state index contributed by atoms with van der Waals surface area (Å²) in [7, 11) is 3.03. The number of methoxy groups -OCH3 is 1. The maximum absolute atomic E-state index is 12.2. The van der Waals surface area contributed by atoms with Crippen molar-refractivity contribution in [1.29, 1.82) is 0 Å². The quantitative estimate of drug-likeness (QED) is 0.456. The highest BCUT2D eigenvalue weighted by Gasteiger charge is 2.35. The zero-order valence-electron chi connectivity index (χ0n) is 12.2. The van der Waals surface area contributed by atoms with E-state index in [1.807, 2.05) is 24.3 Å². The highest BCUT2D eigenvalue weighted by atomic mass is 79.9. The van der Waals surface area contributed by atoms with Crippen LogP contribution in [0.2, 0.25) is 0 Å². The molecule has 1 unspecified atom stereocenters. The molecule has 0 saturated heterocycles. The first-order valence-corrected chi connectivity index (χ1v) is 7.32. The number of carbonyl (C=O) groups is 2. The van der Waals surface area contributed by atoms with Crippen molar-refractivity contribution in [1.82, 2.24) is 4.57 Å². The lowest BCUT2D eigenvalue weighted by atomic mass is 10.2. The number of carbonyl (C=O) groups excluding carboxylic acids is 2. The average Bonchev–Trinajstić information content (AvgIpc) is 2.92. The van der Waals surface area contributed by atoms with E-state index in [4.69, 9.17) is 4.74 Å². The Balaban J connectivity index is 2.09. The van der Waals surface area contributed by atoms with E-state index in [9.17, 15) is 9.59 Å². The molecular formula is C15H16BrN2O4+. The van der Waals surface area contributed by atoms with Gasteiger partial charge in [0.2, 0.25) is 6.33 Å². The number of hydrogen-bond acceptors (Lipinski definition) is 4. The fraction of sp³-hybridized carbons (Fsp3) is 0.267. The lowest BCUT2D eigenvalue weighted by molar-refractivity contribution is -0.671. The van der Waals surface area contributed by atoms with E-state index < -0.39 is 18.0 Å². The van der Waals surface area contributed by atoms with Crippen LogP contribution in [0.15, 0.2) is 47.5 Å².